The fourth-order valence-electron chi connectivity index (χ4n) is 4.32. The minimum absolute atomic E-state index is 0.312. The maximum Gasteiger partial charge on any atom is 0.340 e. The second-order valence-corrected chi connectivity index (χ2v) is 8.60. The third kappa shape index (κ3) is 3.65. The van der Waals surface area contributed by atoms with Gasteiger partial charge in [-0.1, -0.05) is 61.0 Å². The molecular weight excluding hydrogens is 422 g/mol. The number of benzene rings is 3. The molecule has 4 aromatic rings. The van der Waals surface area contributed by atoms with Gasteiger partial charge in [0, 0.05) is 23.1 Å². The average Bonchev–Trinajstić information content (AvgIpc) is 2.83. The summed E-state index contributed by atoms with van der Waals surface area (Å²) in [6.07, 6.45) is 1.52. The van der Waals surface area contributed by atoms with E-state index in [-0.39, 0.29) is 5.63 Å². The first-order valence-corrected chi connectivity index (χ1v) is 11.2. The zero-order chi connectivity index (χ0) is 22.2. The fraction of sp³-hybridized carbons (Fsp3) is 0.222. The Kier molecular flexibility index (Phi) is 5.40. The van der Waals surface area contributed by atoms with Crippen LogP contribution in [0.1, 0.15) is 34.7 Å². The summed E-state index contributed by atoms with van der Waals surface area (Å²) in [5, 5.41) is 1.39. The number of aryl methyl sites for hydroxylation is 2. The van der Waals surface area contributed by atoms with Crippen LogP contribution in [-0.2, 0) is 19.4 Å². The third-order valence-electron chi connectivity index (χ3n) is 6.23. The van der Waals surface area contributed by atoms with Gasteiger partial charge in [0.2, 0.25) is 0 Å². The Labute approximate surface area is 192 Å². The number of hydrogen-bond donors (Lipinski definition) is 0. The molecule has 162 valence electrons. The molecule has 0 saturated carbocycles. The van der Waals surface area contributed by atoms with Gasteiger partial charge in [-0.3, -0.25) is 0 Å². The summed E-state index contributed by atoms with van der Waals surface area (Å²) in [4.78, 5) is 15.1. The van der Waals surface area contributed by atoms with Crippen molar-refractivity contribution in [2.75, 3.05) is 11.6 Å². The number of ether oxygens (including phenoxy) is 1. The Morgan fingerprint density at radius 2 is 1.78 bits per heavy atom. The van der Waals surface area contributed by atoms with Gasteiger partial charge in [0.05, 0.1) is 17.1 Å². The van der Waals surface area contributed by atoms with E-state index >= 15 is 0 Å². The number of hydrogen-bond acceptors (Lipinski definition) is 4. The monoisotopic (exact) mass is 445 g/mol. The van der Waals surface area contributed by atoms with Crippen molar-refractivity contribution < 1.29 is 9.15 Å². The van der Waals surface area contributed by atoms with E-state index in [2.05, 4.69) is 36.1 Å². The van der Waals surface area contributed by atoms with Gasteiger partial charge in [-0.15, -0.1) is 0 Å². The lowest BCUT2D eigenvalue weighted by Crippen LogP contribution is -2.32. The molecule has 0 aliphatic carbocycles. The average molecular weight is 446 g/mol. The van der Waals surface area contributed by atoms with Crippen LogP contribution in [0.2, 0.25) is 5.02 Å². The molecule has 5 rings (SSSR count). The molecule has 0 amide bonds. The van der Waals surface area contributed by atoms with Gasteiger partial charge in [-0.05, 0) is 48.2 Å². The van der Waals surface area contributed by atoms with E-state index in [9.17, 15) is 4.79 Å². The molecule has 5 heteroatoms. The molecule has 1 aliphatic rings. The van der Waals surface area contributed by atoms with E-state index in [0.717, 1.165) is 34.2 Å². The van der Waals surface area contributed by atoms with Crippen molar-refractivity contribution in [2.45, 2.75) is 33.2 Å². The molecule has 1 aromatic heterocycles. The largest absolute Gasteiger partial charge is 0.471 e. The van der Waals surface area contributed by atoms with E-state index in [1.807, 2.05) is 43.3 Å². The van der Waals surface area contributed by atoms with Crippen LogP contribution in [0, 0.1) is 6.92 Å². The zero-order valence-electron chi connectivity index (χ0n) is 18.2. The lowest BCUT2D eigenvalue weighted by atomic mass is 9.97. The van der Waals surface area contributed by atoms with Crippen molar-refractivity contribution in [3.05, 3.63) is 104 Å². The van der Waals surface area contributed by atoms with Crippen LogP contribution in [0.5, 0.6) is 5.75 Å². The predicted molar refractivity (Wildman–Crippen MR) is 129 cm³/mol. The molecule has 0 spiro atoms. The van der Waals surface area contributed by atoms with Gasteiger partial charge in [-0.2, -0.15) is 0 Å². The van der Waals surface area contributed by atoms with Crippen LogP contribution in [0.15, 0.2) is 69.9 Å². The van der Waals surface area contributed by atoms with Gasteiger partial charge < -0.3 is 14.1 Å². The van der Waals surface area contributed by atoms with E-state index < -0.39 is 0 Å². The summed E-state index contributed by atoms with van der Waals surface area (Å²) in [6.45, 7) is 5.04. The standard InChI is InChI=1S/C27H24ClNO3/c1-3-18-9-11-20(12-10-18)29-15-23-25-21(14-24(28)26(23)31-16-29)17(2)22(27(30)32-25)13-19-7-5-4-6-8-19/h4-12,14H,3,13,15-16H2,1-2H3. The molecule has 4 nitrogen and oxygen atoms in total. The van der Waals surface area contributed by atoms with Crippen LogP contribution in [0.3, 0.4) is 0 Å². The first-order chi connectivity index (χ1) is 15.5. The minimum atomic E-state index is -0.312. The number of nitrogens with zero attached hydrogens (tertiary/aromatic N) is 1. The Hall–Kier alpha value is -3.24. The molecule has 0 saturated heterocycles. The molecule has 3 aromatic carbocycles. The molecule has 0 atom stereocenters. The number of halogens is 1. The smallest absolute Gasteiger partial charge is 0.340 e. The maximum absolute atomic E-state index is 13.0. The summed E-state index contributed by atoms with van der Waals surface area (Å²) >= 11 is 6.62. The van der Waals surface area contributed by atoms with Crippen LogP contribution in [0.25, 0.3) is 11.0 Å². The second-order valence-electron chi connectivity index (χ2n) is 8.19. The topological polar surface area (TPSA) is 42.7 Å². The third-order valence-corrected chi connectivity index (χ3v) is 6.51. The first kappa shape index (κ1) is 20.7. The highest BCUT2D eigenvalue weighted by molar-refractivity contribution is 6.33. The zero-order valence-corrected chi connectivity index (χ0v) is 18.9. The lowest BCUT2D eigenvalue weighted by molar-refractivity contribution is 0.289. The fourth-order valence-corrected chi connectivity index (χ4v) is 4.60. The van der Waals surface area contributed by atoms with Gasteiger partial charge in [0.15, 0.2) is 6.73 Å². The van der Waals surface area contributed by atoms with Crippen LogP contribution in [-0.4, -0.2) is 6.73 Å². The first-order valence-electron chi connectivity index (χ1n) is 10.8. The summed E-state index contributed by atoms with van der Waals surface area (Å²) in [5.41, 5.74) is 6.01. The lowest BCUT2D eigenvalue weighted by Gasteiger charge is -2.31. The number of rotatable bonds is 4. The van der Waals surface area contributed by atoms with Gasteiger partial charge in [-0.25, -0.2) is 4.79 Å². The highest BCUT2D eigenvalue weighted by Gasteiger charge is 2.26. The molecule has 0 N–H and O–H groups in total. The van der Waals surface area contributed by atoms with Gasteiger partial charge in [0.25, 0.3) is 0 Å². The van der Waals surface area contributed by atoms with Gasteiger partial charge in [0.1, 0.15) is 11.3 Å². The molecular formula is C27H24ClNO3. The summed E-state index contributed by atoms with van der Waals surface area (Å²) in [7, 11) is 0. The minimum Gasteiger partial charge on any atom is -0.471 e. The predicted octanol–water partition coefficient (Wildman–Crippen LogP) is 6.26. The van der Waals surface area contributed by atoms with Gasteiger partial charge >= 0.3 is 5.63 Å². The SMILES string of the molecule is CCc1ccc(N2COc3c(Cl)cc4c(C)c(Cc5ccccc5)c(=O)oc4c3C2)cc1. The number of fused-ring (bicyclic) bond motifs is 3. The Morgan fingerprint density at radius 3 is 2.50 bits per heavy atom. The van der Waals surface area contributed by atoms with Crippen molar-refractivity contribution in [3.63, 3.8) is 0 Å². The summed E-state index contributed by atoms with van der Waals surface area (Å²) in [6, 6.07) is 20.2. The molecule has 2 heterocycles. The van der Waals surface area contributed by atoms with Crippen molar-refractivity contribution in [1.82, 2.24) is 0 Å². The number of anilines is 1. The van der Waals surface area contributed by atoms with Crippen LogP contribution in [0.4, 0.5) is 5.69 Å². The van der Waals surface area contributed by atoms with E-state index in [1.54, 1.807) is 0 Å². The van der Waals surface area contributed by atoms with Crippen molar-refractivity contribution in [3.8, 4) is 5.75 Å². The molecule has 0 fully saturated rings. The Morgan fingerprint density at radius 1 is 1.03 bits per heavy atom. The van der Waals surface area contributed by atoms with Crippen molar-refractivity contribution >= 4 is 28.3 Å². The quantitative estimate of drug-likeness (QED) is 0.347. The second kappa shape index (κ2) is 8.36. The van der Waals surface area contributed by atoms with E-state index in [4.69, 9.17) is 20.8 Å². The highest BCUT2D eigenvalue weighted by atomic mass is 35.5. The molecule has 1 aliphatic heterocycles. The van der Waals surface area contributed by atoms with E-state index in [0.29, 0.717) is 41.6 Å². The summed E-state index contributed by atoms with van der Waals surface area (Å²) < 4.78 is 11.9. The molecule has 0 bridgehead atoms. The highest BCUT2D eigenvalue weighted by Crippen LogP contribution is 2.40. The Balaban J connectivity index is 1.59. The molecule has 0 radical (unpaired) electrons. The van der Waals surface area contributed by atoms with Crippen molar-refractivity contribution in [2.24, 2.45) is 0 Å². The van der Waals surface area contributed by atoms with E-state index in [1.165, 1.54) is 5.56 Å². The van der Waals surface area contributed by atoms with Crippen LogP contribution >= 0.6 is 11.6 Å². The molecule has 32 heavy (non-hydrogen) atoms. The molecule has 0 unspecified atom stereocenters. The normalized spacial score (nSPS) is 13.2. The summed E-state index contributed by atoms with van der Waals surface area (Å²) in [5.74, 6) is 0.596. The van der Waals surface area contributed by atoms with Crippen molar-refractivity contribution in [1.29, 1.82) is 0 Å². The van der Waals surface area contributed by atoms with Crippen LogP contribution < -0.4 is 15.3 Å². The Bertz CT molecular complexity index is 1340. The maximum atomic E-state index is 13.0.